The largest absolute Gasteiger partial charge is 0.475 e. The molecule has 0 aliphatic heterocycles. The molecule has 0 spiro atoms. The fourth-order valence-electron chi connectivity index (χ4n) is 0.479. The van der Waals surface area contributed by atoms with Crippen LogP contribution in [0.5, 0.6) is 0 Å². The van der Waals surface area contributed by atoms with Crippen LogP contribution in [0, 0.1) is 0 Å². The first-order valence-corrected chi connectivity index (χ1v) is 3.87. The van der Waals surface area contributed by atoms with Crippen LogP contribution in [0.4, 0.5) is 0 Å². The molecular weight excluding hydrogens is 178 g/mol. The van der Waals surface area contributed by atoms with Crippen molar-refractivity contribution in [2.24, 2.45) is 4.99 Å². The zero-order chi connectivity index (χ0) is 9.40. The quantitative estimate of drug-likeness (QED) is 0.528. The lowest BCUT2D eigenvalue weighted by molar-refractivity contribution is 0.144. The third-order valence-electron chi connectivity index (χ3n) is 0.920. The van der Waals surface area contributed by atoms with Gasteiger partial charge in [-0.1, -0.05) is 18.2 Å². The van der Waals surface area contributed by atoms with E-state index in [0.717, 1.165) is 0 Å². The second kappa shape index (κ2) is 6.88. The molecule has 0 saturated heterocycles. The van der Waals surface area contributed by atoms with Crippen molar-refractivity contribution in [3.05, 3.63) is 23.6 Å². The Morgan fingerprint density at radius 2 is 2.42 bits per heavy atom. The zero-order valence-electron chi connectivity index (χ0n) is 6.96. The van der Waals surface area contributed by atoms with Crippen molar-refractivity contribution < 1.29 is 9.84 Å². The minimum atomic E-state index is -0.0331. The van der Waals surface area contributed by atoms with Crippen molar-refractivity contribution in [2.45, 2.75) is 6.92 Å². The molecule has 0 aromatic heterocycles. The van der Waals surface area contributed by atoms with E-state index >= 15 is 0 Å². The van der Waals surface area contributed by atoms with E-state index in [1.807, 2.05) is 0 Å². The maximum Gasteiger partial charge on any atom is 0.208 e. The molecule has 0 aliphatic carbocycles. The molecule has 0 radical (unpaired) electrons. The molecule has 0 rings (SSSR count). The van der Waals surface area contributed by atoms with Crippen molar-refractivity contribution in [1.29, 1.82) is 0 Å². The summed E-state index contributed by atoms with van der Waals surface area (Å²) in [4.78, 5) is 3.85. The summed E-state index contributed by atoms with van der Waals surface area (Å²) >= 11 is 5.44. The number of nitrogens with zero attached hydrogens (tertiary/aromatic N) is 1. The Balaban J connectivity index is 3.92. The van der Waals surface area contributed by atoms with E-state index in [0.29, 0.717) is 10.9 Å². The molecule has 68 valence electrons. The van der Waals surface area contributed by atoms with Gasteiger partial charge in [0, 0.05) is 6.21 Å². The van der Waals surface area contributed by atoms with E-state index in [1.165, 1.54) is 6.21 Å². The molecule has 0 atom stereocenters. The first kappa shape index (κ1) is 11.2. The molecule has 0 unspecified atom stereocenters. The number of aliphatic hydroxyl groups is 1. The second-order valence-electron chi connectivity index (χ2n) is 1.90. The van der Waals surface area contributed by atoms with Crippen LogP contribution in [0.25, 0.3) is 0 Å². The molecule has 0 heterocycles. The number of halogens is 1. The molecule has 0 aromatic carbocycles. The highest BCUT2D eigenvalue weighted by atomic mass is 35.5. The van der Waals surface area contributed by atoms with E-state index in [-0.39, 0.29) is 13.2 Å². The van der Waals surface area contributed by atoms with Crippen LogP contribution in [0.1, 0.15) is 6.92 Å². The molecule has 4 heteroatoms. The average molecular weight is 190 g/mol. The fraction of sp³-hybridized carbons (Fsp3) is 0.375. The first-order chi connectivity index (χ1) is 5.70. The fourth-order valence-corrected chi connectivity index (χ4v) is 0.528. The summed E-state index contributed by atoms with van der Waals surface area (Å²) in [6, 6.07) is 0. The average Bonchev–Trinajstić information content (AvgIpc) is 2.05. The number of rotatable bonds is 5. The van der Waals surface area contributed by atoms with Crippen LogP contribution >= 0.6 is 11.6 Å². The van der Waals surface area contributed by atoms with Gasteiger partial charge in [0.1, 0.15) is 6.61 Å². The van der Waals surface area contributed by atoms with Crippen molar-refractivity contribution in [2.75, 3.05) is 13.2 Å². The van der Waals surface area contributed by atoms with Gasteiger partial charge in [0.2, 0.25) is 5.88 Å². The number of hydrogen-bond acceptors (Lipinski definition) is 3. The van der Waals surface area contributed by atoms with Crippen LogP contribution < -0.4 is 0 Å². The smallest absolute Gasteiger partial charge is 0.208 e. The molecule has 3 nitrogen and oxygen atoms in total. The number of aliphatic imine (C=N–C) groups is 1. The maximum absolute atomic E-state index is 8.44. The van der Waals surface area contributed by atoms with Gasteiger partial charge in [-0.2, -0.15) is 0 Å². The van der Waals surface area contributed by atoms with Crippen molar-refractivity contribution >= 4 is 17.8 Å². The van der Waals surface area contributed by atoms with E-state index in [9.17, 15) is 0 Å². The first-order valence-electron chi connectivity index (χ1n) is 3.49. The number of hydrogen-bond donors (Lipinski definition) is 1. The normalized spacial score (nSPS) is 12.1. The Kier molecular flexibility index (Phi) is 6.42. The highest BCUT2D eigenvalue weighted by molar-refractivity contribution is 6.38. The van der Waals surface area contributed by atoms with Gasteiger partial charge in [-0.25, -0.2) is 4.99 Å². The van der Waals surface area contributed by atoms with Crippen LogP contribution in [0.15, 0.2) is 28.6 Å². The molecule has 12 heavy (non-hydrogen) atoms. The van der Waals surface area contributed by atoms with Crippen molar-refractivity contribution in [3.63, 3.8) is 0 Å². The van der Waals surface area contributed by atoms with E-state index in [2.05, 4.69) is 11.6 Å². The highest BCUT2D eigenvalue weighted by Gasteiger charge is 1.90. The lowest BCUT2D eigenvalue weighted by Gasteiger charge is -2.01. The van der Waals surface area contributed by atoms with Crippen LogP contribution in [0.2, 0.25) is 0 Å². The van der Waals surface area contributed by atoms with Crippen LogP contribution in [-0.4, -0.2) is 24.5 Å². The van der Waals surface area contributed by atoms with Crippen LogP contribution in [-0.2, 0) is 4.74 Å². The minimum absolute atomic E-state index is 0.0331. The van der Waals surface area contributed by atoms with Gasteiger partial charge in [-0.3, -0.25) is 0 Å². The summed E-state index contributed by atoms with van der Waals surface area (Å²) in [7, 11) is 0. The summed E-state index contributed by atoms with van der Waals surface area (Å²) < 4.78 is 5.00. The van der Waals surface area contributed by atoms with Gasteiger partial charge in [0.25, 0.3) is 0 Å². The third-order valence-corrected chi connectivity index (χ3v) is 1.02. The molecular formula is C8H12ClNO2. The predicted molar refractivity (Wildman–Crippen MR) is 50.3 cm³/mol. The summed E-state index contributed by atoms with van der Waals surface area (Å²) in [5.74, 6) is 0.422. The topological polar surface area (TPSA) is 41.8 Å². The summed E-state index contributed by atoms with van der Waals surface area (Å²) in [5, 5.41) is 8.78. The Morgan fingerprint density at radius 1 is 1.75 bits per heavy atom. The van der Waals surface area contributed by atoms with Gasteiger partial charge in [0.15, 0.2) is 0 Å². The summed E-state index contributed by atoms with van der Waals surface area (Å²) in [5.41, 5.74) is 0. The third kappa shape index (κ3) is 5.95. The van der Waals surface area contributed by atoms with Crippen LogP contribution in [0.3, 0.4) is 0 Å². The molecule has 0 fully saturated rings. The molecule has 0 aromatic rings. The minimum Gasteiger partial charge on any atom is -0.475 e. The number of aliphatic hydroxyl groups excluding tert-OH is 1. The van der Waals surface area contributed by atoms with Crippen molar-refractivity contribution in [3.8, 4) is 0 Å². The van der Waals surface area contributed by atoms with Gasteiger partial charge in [0.05, 0.1) is 11.6 Å². The summed E-state index contributed by atoms with van der Waals surface area (Å²) in [6.07, 6.45) is 3.06. The Morgan fingerprint density at radius 3 is 2.83 bits per heavy atom. The molecule has 1 N–H and O–H groups in total. The zero-order valence-corrected chi connectivity index (χ0v) is 7.71. The number of ether oxygens (including phenoxy) is 1. The van der Waals surface area contributed by atoms with E-state index in [4.69, 9.17) is 21.4 Å². The Bertz CT molecular complexity index is 199. The van der Waals surface area contributed by atoms with Crippen molar-refractivity contribution in [1.82, 2.24) is 0 Å². The lowest BCUT2D eigenvalue weighted by atomic mass is 10.6. The monoisotopic (exact) mass is 189 g/mol. The molecule has 0 amide bonds. The molecule has 0 aliphatic rings. The standard InChI is InChI=1S/C8H12ClNO2/c1-3-8(12-5-4-11)10-6-7(2)9/h3,6,11H,2,4-5H2,1H3/b8-3-,10-6-. The second-order valence-corrected chi connectivity index (χ2v) is 2.39. The van der Waals surface area contributed by atoms with Gasteiger partial charge < -0.3 is 9.84 Å². The highest BCUT2D eigenvalue weighted by Crippen LogP contribution is 2.00. The molecule has 0 saturated carbocycles. The summed E-state index contributed by atoms with van der Waals surface area (Å²) in [6.45, 7) is 5.40. The maximum atomic E-state index is 8.44. The van der Waals surface area contributed by atoms with Gasteiger partial charge in [-0.05, 0) is 13.0 Å². The van der Waals surface area contributed by atoms with E-state index < -0.39 is 0 Å². The van der Waals surface area contributed by atoms with Gasteiger partial charge in [-0.15, -0.1) is 0 Å². The van der Waals surface area contributed by atoms with E-state index in [1.54, 1.807) is 13.0 Å². The molecule has 0 bridgehead atoms. The SMILES string of the molecule is C=C(Cl)/C=N\C(=C\C)OCCO. The van der Waals surface area contributed by atoms with Gasteiger partial charge >= 0.3 is 0 Å². The number of allylic oxidation sites excluding steroid dienone is 2. The predicted octanol–water partition coefficient (Wildman–Crippen LogP) is 1.68. The Labute approximate surface area is 77.0 Å². The lowest BCUT2D eigenvalue weighted by Crippen LogP contribution is -1.97. The Hall–Kier alpha value is -0.800.